The van der Waals surface area contributed by atoms with Gasteiger partial charge in [-0.05, 0) is 6.42 Å². The summed E-state index contributed by atoms with van der Waals surface area (Å²) in [5.74, 6) is 1.38. The van der Waals surface area contributed by atoms with Gasteiger partial charge in [-0.1, -0.05) is 6.92 Å². The minimum absolute atomic E-state index is 0.607. The summed E-state index contributed by atoms with van der Waals surface area (Å²) in [4.78, 5) is 14.1. The molecule has 20 heavy (non-hydrogen) atoms. The van der Waals surface area contributed by atoms with Gasteiger partial charge < -0.3 is 10.6 Å². The number of hydrogen-bond donors (Lipinski definition) is 3. The highest BCUT2D eigenvalue weighted by Gasteiger charge is 2.09. The van der Waals surface area contributed by atoms with Gasteiger partial charge in [-0.15, -0.1) is 11.3 Å². The van der Waals surface area contributed by atoms with Gasteiger partial charge in [0.15, 0.2) is 5.65 Å². The molecule has 0 amide bonds. The maximum absolute atomic E-state index is 4.50. The predicted octanol–water partition coefficient (Wildman–Crippen LogP) is 2.24. The van der Waals surface area contributed by atoms with Crippen molar-refractivity contribution in [2.24, 2.45) is 0 Å². The van der Waals surface area contributed by atoms with Gasteiger partial charge in [0.2, 0.25) is 5.95 Å². The molecule has 0 radical (unpaired) electrons. The lowest BCUT2D eigenvalue weighted by Gasteiger charge is -2.08. The summed E-state index contributed by atoms with van der Waals surface area (Å²) in [6, 6.07) is 0. The summed E-state index contributed by atoms with van der Waals surface area (Å²) in [7, 11) is 0. The summed E-state index contributed by atoms with van der Waals surface area (Å²) < 4.78 is 0. The Morgan fingerprint density at radius 2 is 2.20 bits per heavy atom. The van der Waals surface area contributed by atoms with Crippen LogP contribution in [0.25, 0.3) is 11.0 Å². The van der Waals surface area contributed by atoms with E-state index in [0.29, 0.717) is 12.5 Å². The third-order valence-corrected chi connectivity index (χ3v) is 3.54. The predicted molar refractivity (Wildman–Crippen MR) is 79.9 cm³/mol. The lowest BCUT2D eigenvalue weighted by molar-refractivity contribution is 0.953. The number of aromatic amines is 1. The molecule has 0 saturated heterocycles. The largest absolute Gasteiger partial charge is 0.364 e. The lowest BCUT2D eigenvalue weighted by atomic mass is 10.4. The zero-order valence-corrected chi connectivity index (χ0v) is 11.9. The van der Waals surface area contributed by atoms with Gasteiger partial charge in [0.1, 0.15) is 5.82 Å². The van der Waals surface area contributed by atoms with E-state index in [4.69, 9.17) is 0 Å². The van der Waals surface area contributed by atoms with E-state index in [1.165, 1.54) is 0 Å². The summed E-state index contributed by atoms with van der Waals surface area (Å²) >= 11 is 1.61. The summed E-state index contributed by atoms with van der Waals surface area (Å²) in [6.07, 6.45) is 4.60. The van der Waals surface area contributed by atoms with E-state index in [9.17, 15) is 0 Å². The molecule has 104 valence electrons. The first-order valence-corrected chi connectivity index (χ1v) is 7.31. The number of H-pyrrole nitrogens is 1. The fourth-order valence-electron chi connectivity index (χ4n) is 1.79. The minimum Gasteiger partial charge on any atom is -0.364 e. The molecule has 3 rings (SSSR count). The van der Waals surface area contributed by atoms with E-state index in [0.717, 1.165) is 34.7 Å². The van der Waals surface area contributed by atoms with E-state index in [-0.39, 0.29) is 0 Å². The number of anilines is 2. The van der Waals surface area contributed by atoms with Crippen LogP contribution in [0, 0.1) is 0 Å². The first-order valence-electron chi connectivity index (χ1n) is 6.43. The van der Waals surface area contributed by atoms with Crippen molar-refractivity contribution in [1.29, 1.82) is 0 Å². The van der Waals surface area contributed by atoms with Crippen molar-refractivity contribution in [2.75, 3.05) is 17.2 Å². The number of thiazole rings is 1. The van der Waals surface area contributed by atoms with Gasteiger partial charge in [-0.3, -0.25) is 10.1 Å². The van der Waals surface area contributed by atoms with Crippen LogP contribution in [-0.4, -0.2) is 31.7 Å². The molecular formula is C12H15N7S. The molecule has 3 aromatic rings. The molecule has 3 N–H and O–H groups in total. The Labute approximate surface area is 119 Å². The number of rotatable bonds is 6. The van der Waals surface area contributed by atoms with Crippen LogP contribution >= 0.6 is 11.3 Å². The molecule has 0 aromatic carbocycles. The molecule has 7 nitrogen and oxygen atoms in total. The van der Waals surface area contributed by atoms with Crippen molar-refractivity contribution < 1.29 is 0 Å². The van der Waals surface area contributed by atoms with Gasteiger partial charge in [-0.2, -0.15) is 15.1 Å². The highest BCUT2D eigenvalue weighted by Crippen LogP contribution is 2.21. The van der Waals surface area contributed by atoms with Crippen molar-refractivity contribution >= 4 is 34.1 Å². The highest BCUT2D eigenvalue weighted by molar-refractivity contribution is 7.09. The van der Waals surface area contributed by atoms with Crippen LogP contribution in [-0.2, 0) is 6.54 Å². The van der Waals surface area contributed by atoms with Gasteiger partial charge >= 0.3 is 0 Å². The molecule has 0 spiro atoms. The van der Waals surface area contributed by atoms with E-state index in [2.05, 4.69) is 42.7 Å². The Hall–Kier alpha value is -2.22. The molecule has 0 bridgehead atoms. The first kappa shape index (κ1) is 12.8. The molecule has 0 saturated carbocycles. The molecule has 0 atom stereocenters. The summed E-state index contributed by atoms with van der Waals surface area (Å²) in [5.41, 5.74) is 2.55. The molecule has 0 aliphatic carbocycles. The van der Waals surface area contributed by atoms with Crippen LogP contribution in [0.15, 0.2) is 17.9 Å². The fraction of sp³-hybridized carbons (Fsp3) is 0.333. The molecular weight excluding hydrogens is 274 g/mol. The van der Waals surface area contributed by atoms with Gasteiger partial charge in [0.05, 0.1) is 23.6 Å². The van der Waals surface area contributed by atoms with Crippen molar-refractivity contribution in [1.82, 2.24) is 25.1 Å². The number of aromatic nitrogens is 5. The third kappa shape index (κ3) is 2.69. The van der Waals surface area contributed by atoms with Crippen molar-refractivity contribution in [3.05, 3.63) is 22.8 Å². The quantitative estimate of drug-likeness (QED) is 0.644. The first-order chi connectivity index (χ1) is 9.86. The highest BCUT2D eigenvalue weighted by atomic mass is 32.1. The second-order valence-electron chi connectivity index (χ2n) is 4.28. The molecule has 0 unspecified atom stereocenters. The number of nitrogens with one attached hydrogen (secondary N) is 3. The smallest absolute Gasteiger partial charge is 0.226 e. The Morgan fingerprint density at radius 1 is 1.25 bits per heavy atom. The average molecular weight is 289 g/mol. The third-order valence-electron chi connectivity index (χ3n) is 2.76. The monoisotopic (exact) mass is 289 g/mol. The fourth-order valence-corrected chi connectivity index (χ4v) is 2.32. The van der Waals surface area contributed by atoms with Crippen molar-refractivity contribution in [3.63, 3.8) is 0 Å². The standard InChI is InChI=1S/C12H15N7S/c1-2-3-14-12-17-10(9-6-16-19-11(9)18-12)15-5-8-4-13-7-20-8/h4,6-7H,2-3,5H2,1H3,(H3,14,15,16,17,18,19). The summed E-state index contributed by atoms with van der Waals surface area (Å²) in [6.45, 7) is 3.63. The molecule has 0 aliphatic heterocycles. The maximum atomic E-state index is 4.50. The van der Waals surface area contributed by atoms with E-state index >= 15 is 0 Å². The topological polar surface area (TPSA) is 91.4 Å². The SMILES string of the molecule is CCCNc1nc(NCc2cncs2)c2cn[nH]c2n1. The molecule has 0 aliphatic rings. The Balaban J connectivity index is 1.85. The lowest BCUT2D eigenvalue weighted by Crippen LogP contribution is -2.07. The maximum Gasteiger partial charge on any atom is 0.226 e. The zero-order valence-electron chi connectivity index (χ0n) is 11.1. The van der Waals surface area contributed by atoms with Crippen LogP contribution in [0.5, 0.6) is 0 Å². The molecule has 3 aromatic heterocycles. The van der Waals surface area contributed by atoms with Crippen molar-refractivity contribution in [2.45, 2.75) is 19.9 Å². The second kappa shape index (κ2) is 5.83. The molecule has 0 fully saturated rings. The number of hydrogen-bond acceptors (Lipinski definition) is 7. The zero-order chi connectivity index (χ0) is 13.8. The van der Waals surface area contributed by atoms with Crippen LogP contribution < -0.4 is 10.6 Å². The summed E-state index contributed by atoms with van der Waals surface area (Å²) in [5, 5.41) is 14.3. The number of fused-ring (bicyclic) bond motifs is 1. The normalized spacial score (nSPS) is 10.8. The van der Waals surface area contributed by atoms with E-state index in [1.807, 2.05) is 11.7 Å². The van der Waals surface area contributed by atoms with E-state index in [1.54, 1.807) is 17.5 Å². The van der Waals surface area contributed by atoms with Crippen LogP contribution in [0.4, 0.5) is 11.8 Å². The van der Waals surface area contributed by atoms with Crippen LogP contribution in [0.1, 0.15) is 18.2 Å². The van der Waals surface area contributed by atoms with Crippen LogP contribution in [0.3, 0.4) is 0 Å². The second-order valence-corrected chi connectivity index (χ2v) is 5.25. The molecule has 8 heteroatoms. The molecule has 3 heterocycles. The Bertz CT molecular complexity index is 676. The van der Waals surface area contributed by atoms with Gasteiger partial charge in [-0.25, -0.2) is 0 Å². The average Bonchev–Trinajstić information content (AvgIpc) is 3.13. The van der Waals surface area contributed by atoms with Crippen LogP contribution in [0.2, 0.25) is 0 Å². The Morgan fingerprint density at radius 3 is 3.00 bits per heavy atom. The van der Waals surface area contributed by atoms with E-state index < -0.39 is 0 Å². The Kier molecular flexibility index (Phi) is 3.73. The number of nitrogens with zero attached hydrogens (tertiary/aromatic N) is 4. The minimum atomic E-state index is 0.607. The van der Waals surface area contributed by atoms with Gasteiger partial charge in [0, 0.05) is 17.6 Å². The van der Waals surface area contributed by atoms with Crippen molar-refractivity contribution in [3.8, 4) is 0 Å². The van der Waals surface area contributed by atoms with Gasteiger partial charge in [0.25, 0.3) is 0 Å².